The summed E-state index contributed by atoms with van der Waals surface area (Å²) in [5, 5.41) is 66.0. The molecule has 0 bridgehead atoms. The molecule has 0 saturated carbocycles. The van der Waals surface area contributed by atoms with Crippen LogP contribution in [0.15, 0.2) is 0 Å². The van der Waals surface area contributed by atoms with Gasteiger partial charge in [0.25, 0.3) is 0 Å². The van der Waals surface area contributed by atoms with E-state index in [0.29, 0.717) is 0 Å². The van der Waals surface area contributed by atoms with Gasteiger partial charge in [-0.2, -0.15) is 56.9 Å². The molecule has 0 aliphatic carbocycles. The van der Waals surface area contributed by atoms with Gasteiger partial charge in [-0.05, 0) is 0 Å². The summed E-state index contributed by atoms with van der Waals surface area (Å²) in [5.41, 5.74) is 0. The van der Waals surface area contributed by atoms with Crippen molar-refractivity contribution in [2.75, 3.05) is 56.9 Å². The molecular weight excluding hydrogens is 495 g/mol. The van der Waals surface area contributed by atoms with Crippen LogP contribution in [0, 0.1) is 0 Å². The Hall–Kier alpha value is 6.56. The van der Waals surface area contributed by atoms with Gasteiger partial charge in [0.05, 0.1) is 0 Å². The molecule has 0 fully saturated rings. The van der Waals surface area contributed by atoms with Crippen molar-refractivity contribution >= 4 is 189 Å². The van der Waals surface area contributed by atoms with Crippen molar-refractivity contribution in [2.24, 2.45) is 0 Å². The van der Waals surface area contributed by atoms with E-state index in [1.165, 1.54) is 0 Å². The summed E-state index contributed by atoms with van der Waals surface area (Å²) in [7, 11) is 6.00. The molecule has 0 radical (unpaired) electrons. The molecule has 0 aromatic rings. The molecule has 15 heteroatoms. The molecule has 128 valence electrons. The quantitative estimate of drug-likeness (QED) is 0.282. The second-order valence-corrected chi connectivity index (χ2v) is 0. The molecule has 0 aromatic carbocycles. The van der Waals surface area contributed by atoms with Crippen LogP contribution in [-0.4, -0.2) is 246 Å². The fourth-order valence-electron chi connectivity index (χ4n) is 0. The van der Waals surface area contributed by atoms with Crippen molar-refractivity contribution < 1.29 is 65.7 Å². The first-order valence-electron chi connectivity index (χ1n) is 3.27. The Morgan fingerprint density at radius 1 is 0.217 bits per heavy atom. The minimum Gasteiger partial charge on any atom is -1.00 e. The molecule has 0 aliphatic heterocycles. The zero-order valence-corrected chi connectivity index (χ0v) is 28.1. The molecule has 0 spiro atoms. The van der Waals surface area contributed by atoms with Crippen LogP contribution in [0.1, 0.15) is 0 Å². The maximum absolute atomic E-state index is 8.25. The summed E-state index contributed by atoms with van der Waals surface area (Å²) in [4.78, 5) is 0. The summed E-state index contributed by atoms with van der Waals surface area (Å²) >= 11 is 0. The molecule has 0 aliphatic rings. The first-order valence-corrected chi connectivity index (χ1v) is 3.27. The van der Waals surface area contributed by atoms with Crippen LogP contribution in [0.2, 0.25) is 0 Å². The first kappa shape index (κ1) is 114. The van der Waals surface area contributed by atoms with Crippen molar-refractivity contribution in [3.63, 3.8) is 0 Å². The minimum absolute atomic E-state index is 0. The standard InChI is InChI=1S/8CH3O.5Ca.2ClH/c8*1-2;;;;;;;/h8*1H3;;;;;;2*1H/q8*-1;5*+2;;/p-2. The summed E-state index contributed by atoms with van der Waals surface area (Å²) in [6.07, 6.45) is 0. The molecule has 23 heavy (non-hydrogen) atoms. The molecule has 0 heterocycles. The smallest absolute Gasteiger partial charge is 1.00 e. The Bertz CT molecular complexity index is 42.4. The minimum atomic E-state index is 0. The number of halogens is 2. The molecular formula is C8H24Ca5Cl2O8. The molecule has 0 aromatic heterocycles. The summed E-state index contributed by atoms with van der Waals surface area (Å²) in [5.74, 6) is 0. The molecule has 0 unspecified atom stereocenters. The monoisotopic (exact) mass is 518 g/mol. The van der Waals surface area contributed by atoms with E-state index in [1.54, 1.807) is 0 Å². The number of rotatable bonds is 0. The second kappa shape index (κ2) is 504. The normalized spacial score (nSPS) is 2.09. The SMILES string of the molecule is C[O-].C[O-].C[O-].C[O-].C[O-].C[O-].C[O-].C[O-].[Ca+2].[Ca+2].[Ca+2].[Ca+2].[Ca+2].[Cl-].[Cl-]. The molecule has 0 amide bonds. The third kappa shape index (κ3) is 468. The van der Waals surface area contributed by atoms with E-state index in [4.69, 9.17) is 40.9 Å². The van der Waals surface area contributed by atoms with Gasteiger partial charge in [0.15, 0.2) is 0 Å². The van der Waals surface area contributed by atoms with Crippen LogP contribution in [0.5, 0.6) is 0 Å². The second-order valence-electron chi connectivity index (χ2n) is 0. The Kier molecular flexibility index (Phi) is 2490. The Morgan fingerprint density at radius 3 is 0.217 bits per heavy atom. The maximum Gasteiger partial charge on any atom is 2.00 e. The predicted octanol–water partition coefficient (Wildman–Crippen LogP) is -16.1. The van der Waals surface area contributed by atoms with E-state index in [2.05, 4.69) is 0 Å². The third-order valence-electron chi connectivity index (χ3n) is 0. The van der Waals surface area contributed by atoms with Crippen LogP contribution in [-0.2, 0) is 0 Å². The average molecular weight is 520 g/mol. The molecule has 0 rings (SSSR count). The summed E-state index contributed by atoms with van der Waals surface area (Å²) in [6.45, 7) is 0. The van der Waals surface area contributed by atoms with E-state index >= 15 is 0 Å². The predicted molar refractivity (Wildman–Crippen MR) is 76.2 cm³/mol. The number of hydrogen-bond acceptors (Lipinski definition) is 8. The van der Waals surface area contributed by atoms with Gasteiger partial charge in [-0.25, -0.2) is 0 Å². The largest absolute Gasteiger partial charge is 2.00 e. The van der Waals surface area contributed by atoms with E-state index in [1.807, 2.05) is 0 Å². The van der Waals surface area contributed by atoms with Crippen molar-refractivity contribution in [1.82, 2.24) is 0 Å². The van der Waals surface area contributed by atoms with Crippen molar-refractivity contribution in [3.8, 4) is 0 Å². The first-order chi connectivity index (χ1) is 8.00. The molecule has 0 saturated heterocycles. The van der Waals surface area contributed by atoms with E-state index in [9.17, 15) is 0 Å². The zero-order valence-electron chi connectivity index (χ0n) is 15.6. The topological polar surface area (TPSA) is 184 Å². The van der Waals surface area contributed by atoms with Crippen LogP contribution in [0.3, 0.4) is 0 Å². The van der Waals surface area contributed by atoms with Crippen LogP contribution in [0.4, 0.5) is 0 Å². The van der Waals surface area contributed by atoms with Gasteiger partial charge in [0, 0.05) is 0 Å². The van der Waals surface area contributed by atoms with E-state index < -0.39 is 0 Å². The van der Waals surface area contributed by atoms with Gasteiger partial charge >= 0.3 is 189 Å². The Balaban J connectivity index is -0.00000000234. The third-order valence-corrected chi connectivity index (χ3v) is 0. The molecule has 8 nitrogen and oxygen atoms in total. The molecule has 0 N–H and O–H groups in total. The van der Waals surface area contributed by atoms with Gasteiger partial charge < -0.3 is 65.7 Å². The van der Waals surface area contributed by atoms with Crippen LogP contribution in [0.25, 0.3) is 0 Å². The van der Waals surface area contributed by atoms with Crippen molar-refractivity contribution in [3.05, 3.63) is 0 Å². The fraction of sp³-hybridized carbons (Fsp3) is 1.00. The summed E-state index contributed by atoms with van der Waals surface area (Å²) in [6, 6.07) is 0. The average Bonchev–Trinajstić information content (AvgIpc) is 2.54. The summed E-state index contributed by atoms with van der Waals surface area (Å²) < 4.78 is 0. The van der Waals surface area contributed by atoms with Gasteiger partial charge in [0.2, 0.25) is 0 Å². The van der Waals surface area contributed by atoms with Crippen molar-refractivity contribution in [1.29, 1.82) is 0 Å². The number of hydrogen-bond donors (Lipinski definition) is 0. The van der Waals surface area contributed by atoms with Gasteiger partial charge in [-0.15, -0.1) is 0 Å². The van der Waals surface area contributed by atoms with Crippen LogP contribution < -0.4 is 65.7 Å². The van der Waals surface area contributed by atoms with E-state index in [-0.39, 0.29) is 214 Å². The van der Waals surface area contributed by atoms with Crippen molar-refractivity contribution in [2.45, 2.75) is 0 Å². The van der Waals surface area contributed by atoms with Gasteiger partial charge in [-0.1, -0.05) is 0 Å². The van der Waals surface area contributed by atoms with Gasteiger partial charge in [0.1, 0.15) is 0 Å². The Labute approximate surface area is 304 Å². The van der Waals surface area contributed by atoms with E-state index in [0.717, 1.165) is 56.9 Å². The van der Waals surface area contributed by atoms with Crippen LogP contribution >= 0.6 is 0 Å². The maximum atomic E-state index is 8.25. The van der Waals surface area contributed by atoms with Gasteiger partial charge in [-0.3, -0.25) is 0 Å². The molecule has 0 atom stereocenters. The Morgan fingerprint density at radius 2 is 0.217 bits per heavy atom. The zero-order chi connectivity index (χ0) is 16.0. The fourth-order valence-corrected chi connectivity index (χ4v) is 0.